The summed E-state index contributed by atoms with van der Waals surface area (Å²) in [4.78, 5) is 45.5. The first-order valence-corrected chi connectivity index (χ1v) is 7.38. The number of ether oxygens (including phenoxy) is 2. The number of Topliss-reactive ketones (excluding diaryl/α,β-unsaturated/α-hetero) is 1. The molecular formula is C17H19NO7. The summed E-state index contributed by atoms with van der Waals surface area (Å²) in [6, 6.07) is 5.70. The molecule has 0 amide bonds. The number of carbonyl (C=O) groups excluding carboxylic acids is 3. The SMILES string of the molecule is COC(=O)C(C(=O)OC)C(/C=C/c1ccc([N+](=O)[O-])cc1)CC(C)=O. The van der Waals surface area contributed by atoms with Gasteiger partial charge in [-0.2, -0.15) is 0 Å². The van der Waals surface area contributed by atoms with Crippen LogP contribution in [0.25, 0.3) is 6.08 Å². The summed E-state index contributed by atoms with van der Waals surface area (Å²) < 4.78 is 9.26. The molecule has 8 heteroatoms. The molecule has 25 heavy (non-hydrogen) atoms. The second kappa shape index (κ2) is 9.31. The smallest absolute Gasteiger partial charge is 0.320 e. The van der Waals surface area contributed by atoms with Gasteiger partial charge in [0.15, 0.2) is 5.92 Å². The minimum atomic E-state index is -1.27. The van der Waals surface area contributed by atoms with Crippen LogP contribution >= 0.6 is 0 Å². The van der Waals surface area contributed by atoms with E-state index in [9.17, 15) is 24.5 Å². The summed E-state index contributed by atoms with van der Waals surface area (Å²) in [6.45, 7) is 1.35. The summed E-state index contributed by atoms with van der Waals surface area (Å²) in [6.07, 6.45) is 3.05. The zero-order valence-corrected chi connectivity index (χ0v) is 14.1. The molecule has 0 aromatic heterocycles. The Morgan fingerprint density at radius 1 is 1.12 bits per heavy atom. The second-order valence-electron chi connectivity index (χ2n) is 5.30. The van der Waals surface area contributed by atoms with Gasteiger partial charge in [0.25, 0.3) is 5.69 Å². The molecule has 0 aliphatic rings. The highest BCUT2D eigenvalue weighted by Gasteiger charge is 2.36. The first-order chi connectivity index (χ1) is 11.8. The van der Waals surface area contributed by atoms with Crippen LogP contribution in [0.5, 0.6) is 0 Å². The van der Waals surface area contributed by atoms with Crippen molar-refractivity contribution in [1.29, 1.82) is 0 Å². The molecule has 0 radical (unpaired) electrons. The second-order valence-corrected chi connectivity index (χ2v) is 5.30. The molecule has 0 saturated heterocycles. The van der Waals surface area contributed by atoms with E-state index in [2.05, 4.69) is 9.47 Å². The van der Waals surface area contributed by atoms with E-state index in [1.807, 2.05) is 0 Å². The maximum Gasteiger partial charge on any atom is 0.320 e. The van der Waals surface area contributed by atoms with Crippen molar-refractivity contribution in [3.63, 3.8) is 0 Å². The minimum absolute atomic E-state index is 0.0561. The fraction of sp³-hybridized carbons (Fsp3) is 0.353. The van der Waals surface area contributed by atoms with Gasteiger partial charge in [-0.25, -0.2) is 0 Å². The third-order valence-electron chi connectivity index (χ3n) is 3.50. The number of benzene rings is 1. The molecule has 0 fully saturated rings. The lowest BCUT2D eigenvalue weighted by Gasteiger charge is -2.19. The van der Waals surface area contributed by atoms with Crippen molar-refractivity contribution in [2.45, 2.75) is 13.3 Å². The fourth-order valence-electron chi connectivity index (χ4n) is 2.27. The summed E-state index contributed by atoms with van der Waals surface area (Å²) in [5, 5.41) is 10.7. The van der Waals surface area contributed by atoms with Crippen LogP contribution in [0.4, 0.5) is 5.69 Å². The van der Waals surface area contributed by atoms with Crippen LogP contribution in [0.15, 0.2) is 30.3 Å². The van der Waals surface area contributed by atoms with Crippen molar-refractivity contribution in [3.05, 3.63) is 46.0 Å². The quantitative estimate of drug-likeness (QED) is 0.306. The number of carbonyl (C=O) groups is 3. The Hall–Kier alpha value is -3.03. The van der Waals surface area contributed by atoms with E-state index in [4.69, 9.17) is 0 Å². The largest absolute Gasteiger partial charge is 0.468 e. The first kappa shape index (κ1) is 20.0. The number of hydrogen-bond acceptors (Lipinski definition) is 7. The molecule has 1 atom stereocenters. The number of allylic oxidation sites excluding steroid dienone is 1. The Balaban J connectivity index is 3.11. The molecule has 0 bridgehead atoms. The van der Waals surface area contributed by atoms with E-state index < -0.39 is 28.7 Å². The van der Waals surface area contributed by atoms with Crippen LogP contribution in [0, 0.1) is 22.0 Å². The number of nitro benzene ring substituents is 1. The lowest BCUT2D eigenvalue weighted by molar-refractivity contribution is -0.384. The molecule has 0 N–H and O–H groups in total. The maximum absolute atomic E-state index is 11.9. The van der Waals surface area contributed by atoms with Crippen LogP contribution in [0.2, 0.25) is 0 Å². The third kappa shape index (κ3) is 5.83. The summed E-state index contributed by atoms with van der Waals surface area (Å²) >= 11 is 0. The molecule has 8 nitrogen and oxygen atoms in total. The highest BCUT2D eigenvalue weighted by atomic mass is 16.6. The topological polar surface area (TPSA) is 113 Å². The average molecular weight is 349 g/mol. The van der Waals surface area contributed by atoms with Crippen molar-refractivity contribution in [3.8, 4) is 0 Å². The monoisotopic (exact) mass is 349 g/mol. The summed E-state index contributed by atoms with van der Waals surface area (Å²) in [5.74, 6) is -3.84. The molecule has 0 aliphatic carbocycles. The number of non-ortho nitro benzene ring substituents is 1. The standard InChI is InChI=1S/C17H19NO7/c1-11(19)10-13(15(16(20)24-2)17(21)25-3)7-4-12-5-8-14(9-6-12)18(22)23/h4-9,13,15H,10H2,1-3H3/b7-4+. The van der Waals surface area contributed by atoms with Crippen LogP contribution in [-0.2, 0) is 23.9 Å². The van der Waals surface area contributed by atoms with Gasteiger partial charge in [0, 0.05) is 24.5 Å². The summed E-state index contributed by atoms with van der Waals surface area (Å²) in [5.41, 5.74) is 0.562. The average Bonchev–Trinajstić information content (AvgIpc) is 2.59. The number of ketones is 1. The molecular weight excluding hydrogens is 330 g/mol. The van der Waals surface area contributed by atoms with Gasteiger partial charge in [-0.05, 0) is 24.6 Å². The highest BCUT2D eigenvalue weighted by Crippen LogP contribution is 2.23. The molecule has 0 saturated carbocycles. The molecule has 0 heterocycles. The highest BCUT2D eigenvalue weighted by molar-refractivity contribution is 5.96. The van der Waals surface area contributed by atoms with E-state index in [0.29, 0.717) is 5.56 Å². The van der Waals surface area contributed by atoms with Crippen LogP contribution in [0.3, 0.4) is 0 Å². The van der Waals surface area contributed by atoms with Crippen LogP contribution in [-0.4, -0.2) is 36.9 Å². The Kier molecular flexibility index (Phi) is 7.45. The van der Waals surface area contributed by atoms with Crippen molar-refractivity contribution >= 4 is 29.5 Å². The number of hydrogen-bond donors (Lipinski definition) is 0. The normalized spacial score (nSPS) is 12.0. The van der Waals surface area contributed by atoms with Gasteiger partial charge in [0.05, 0.1) is 19.1 Å². The van der Waals surface area contributed by atoms with E-state index in [1.54, 1.807) is 6.08 Å². The molecule has 1 unspecified atom stereocenters. The molecule has 1 aromatic carbocycles. The van der Waals surface area contributed by atoms with Gasteiger partial charge in [0.1, 0.15) is 5.78 Å². The van der Waals surface area contributed by atoms with Gasteiger partial charge in [-0.15, -0.1) is 0 Å². The predicted octanol–water partition coefficient (Wildman–Crippen LogP) is 2.17. The van der Waals surface area contributed by atoms with Crippen molar-refractivity contribution in [2.75, 3.05) is 14.2 Å². The van der Waals surface area contributed by atoms with E-state index in [1.165, 1.54) is 37.3 Å². The zero-order chi connectivity index (χ0) is 19.0. The Labute approximate surface area is 144 Å². The molecule has 0 aliphatic heterocycles. The zero-order valence-electron chi connectivity index (χ0n) is 14.1. The molecule has 0 spiro atoms. The van der Waals surface area contributed by atoms with Gasteiger partial charge < -0.3 is 14.3 Å². The molecule has 134 valence electrons. The van der Waals surface area contributed by atoms with Gasteiger partial charge in [-0.1, -0.05) is 12.2 Å². The van der Waals surface area contributed by atoms with Crippen molar-refractivity contribution < 1.29 is 28.8 Å². The fourth-order valence-corrected chi connectivity index (χ4v) is 2.27. The Bertz CT molecular complexity index is 663. The third-order valence-corrected chi connectivity index (χ3v) is 3.50. The van der Waals surface area contributed by atoms with E-state index >= 15 is 0 Å². The lowest BCUT2D eigenvalue weighted by atomic mass is 9.87. The number of methoxy groups -OCH3 is 2. The van der Waals surface area contributed by atoms with E-state index in [-0.39, 0.29) is 17.9 Å². The number of nitrogens with zero attached hydrogens (tertiary/aromatic N) is 1. The Morgan fingerprint density at radius 3 is 2.04 bits per heavy atom. The first-order valence-electron chi connectivity index (χ1n) is 7.38. The molecule has 1 aromatic rings. The van der Waals surface area contributed by atoms with E-state index in [0.717, 1.165) is 14.2 Å². The lowest BCUT2D eigenvalue weighted by Crippen LogP contribution is -2.33. The van der Waals surface area contributed by atoms with Crippen LogP contribution in [0.1, 0.15) is 18.9 Å². The number of esters is 2. The maximum atomic E-state index is 11.9. The van der Waals surface area contributed by atoms with Gasteiger partial charge >= 0.3 is 11.9 Å². The molecule has 1 rings (SSSR count). The predicted molar refractivity (Wildman–Crippen MR) is 88.4 cm³/mol. The van der Waals surface area contributed by atoms with Gasteiger partial charge in [-0.3, -0.25) is 19.7 Å². The minimum Gasteiger partial charge on any atom is -0.468 e. The summed E-state index contributed by atoms with van der Waals surface area (Å²) in [7, 11) is 2.28. The van der Waals surface area contributed by atoms with Gasteiger partial charge in [0.2, 0.25) is 0 Å². The number of rotatable bonds is 8. The number of nitro groups is 1. The Morgan fingerprint density at radius 2 is 1.64 bits per heavy atom. The van der Waals surface area contributed by atoms with Crippen molar-refractivity contribution in [1.82, 2.24) is 0 Å². The van der Waals surface area contributed by atoms with Crippen molar-refractivity contribution in [2.24, 2.45) is 11.8 Å². The van der Waals surface area contributed by atoms with Crippen LogP contribution < -0.4 is 0 Å².